The molecule has 0 saturated heterocycles. The van der Waals surface area contributed by atoms with Crippen LogP contribution in [0.15, 0.2) is 48.8 Å². The molecule has 120 valence electrons. The van der Waals surface area contributed by atoms with Crippen LogP contribution in [-0.4, -0.2) is 37.0 Å². The van der Waals surface area contributed by atoms with E-state index >= 15 is 0 Å². The topological polar surface area (TPSA) is 80.3 Å². The van der Waals surface area contributed by atoms with Crippen molar-refractivity contribution in [3.63, 3.8) is 0 Å². The quantitative estimate of drug-likeness (QED) is 0.762. The number of ether oxygens (including phenoxy) is 1. The SMILES string of the molecule is COc1cccc(C(=O)NCCCNC(=O)c2ccncc2)c1. The first-order valence-electron chi connectivity index (χ1n) is 7.31. The van der Waals surface area contributed by atoms with Gasteiger partial charge in [0.2, 0.25) is 0 Å². The van der Waals surface area contributed by atoms with Crippen LogP contribution in [0.3, 0.4) is 0 Å². The number of nitrogens with one attached hydrogen (secondary N) is 2. The Balaban J connectivity index is 1.69. The number of carbonyl (C=O) groups excluding carboxylic acids is 2. The number of benzene rings is 1. The van der Waals surface area contributed by atoms with E-state index in [1.165, 1.54) is 0 Å². The summed E-state index contributed by atoms with van der Waals surface area (Å²) in [6, 6.07) is 10.3. The van der Waals surface area contributed by atoms with Crippen molar-refractivity contribution in [3.8, 4) is 5.75 Å². The molecular weight excluding hydrogens is 294 g/mol. The Morgan fingerprint density at radius 3 is 2.30 bits per heavy atom. The van der Waals surface area contributed by atoms with Crippen molar-refractivity contribution in [2.75, 3.05) is 20.2 Å². The summed E-state index contributed by atoms with van der Waals surface area (Å²) in [7, 11) is 1.56. The predicted octanol–water partition coefficient (Wildman–Crippen LogP) is 1.64. The number of hydrogen-bond acceptors (Lipinski definition) is 4. The van der Waals surface area contributed by atoms with Gasteiger partial charge in [0.25, 0.3) is 11.8 Å². The van der Waals surface area contributed by atoms with Crippen molar-refractivity contribution in [3.05, 3.63) is 59.9 Å². The normalized spacial score (nSPS) is 9.96. The van der Waals surface area contributed by atoms with Crippen LogP contribution in [0.1, 0.15) is 27.1 Å². The number of pyridine rings is 1. The van der Waals surface area contributed by atoms with Gasteiger partial charge in [0.05, 0.1) is 7.11 Å². The predicted molar refractivity (Wildman–Crippen MR) is 86.5 cm³/mol. The van der Waals surface area contributed by atoms with E-state index in [0.29, 0.717) is 36.4 Å². The number of hydrogen-bond donors (Lipinski definition) is 2. The summed E-state index contributed by atoms with van der Waals surface area (Å²) in [5.74, 6) is 0.332. The molecule has 1 aromatic heterocycles. The molecule has 0 saturated carbocycles. The van der Waals surface area contributed by atoms with Gasteiger partial charge in [0, 0.05) is 36.6 Å². The van der Waals surface area contributed by atoms with E-state index in [0.717, 1.165) is 0 Å². The Morgan fingerprint density at radius 2 is 1.65 bits per heavy atom. The van der Waals surface area contributed by atoms with Gasteiger partial charge in [0.15, 0.2) is 0 Å². The molecule has 0 aliphatic heterocycles. The third-order valence-electron chi connectivity index (χ3n) is 3.20. The highest BCUT2D eigenvalue weighted by atomic mass is 16.5. The molecule has 0 unspecified atom stereocenters. The van der Waals surface area contributed by atoms with E-state index in [4.69, 9.17) is 4.74 Å². The Hall–Kier alpha value is -2.89. The van der Waals surface area contributed by atoms with Gasteiger partial charge in [-0.05, 0) is 36.8 Å². The van der Waals surface area contributed by atoms with Gasteiger partial charge in [-0.2, -0.15) is 0 Å². The molecule has 6 heteroatoms. The second-order valence-electron chi connectivity index (χ2n) is 4.83. The van der Waals surface area contributed by atoms with Crippen LogP contribution in [0.2, 0.25) is 0 Å². The standard InChI is InChI=1S/C17H19N3O3/c1-23-15-5-2-4-14(12-15)17(22)20-9-3-8-19-16(21)13-6-10-18-11-7-13/h2,4-7,10-12H,3,8-9H2,1H3,(H,19,21)(H,20,22). The fourth-order valence-electron chi connectivity index (χ4n) is 1.96. The molecule has 2 aromatic rings. The first-order valence-corrected chi connectivity index (χ1v) is 7.31. The van der Waals surface area contributed by atoms with Crippen molar-refractivity contribution >= 4 is 11.8 Å². The maximum absolute atomic E-state index is 12.0. The molecule has 2 rings (SSSR count). The largest absolute Gasteiger partial charge is 0.497 e. The van der Waals surface area contributed by atoms with Gasteiger partial charge >= 0.3 is 0 Å². The lowest BCUT2D eigenvalue weighted by Crippen LogP contribution is -2.29. The fraction of sp³-hybridized carbons (Fsp3) is 0.235. The molecule has 1 aromatic carbocycles. The van der Waals surface area contributed by atoms with E-state index in [1.807, 2.05) is 0 Å². The number of methoxy groups -OCH3 is 1. The molecule has 23 heavy (non-hydrogen) atoms. The lowest BCUT2D eigenvalue weighted by atomic mass is 10.2. The lowest BCUT2D eigenvalue weighted by molar-refractivity contribution is 0.0951. The summed E-state index contributed by atoms with van der Waals surface area (Å²) in [4.78, 5) is 27.6. The molecule has 0 radical (unpaired) electrons. The van der Waals surface area contributed by atoms with E-state index in [1.54, 1.807) is 55.9 Å². The van der Waals surface area contributed by atoms with Crippen LogP contribution < -0.4 is 15.4 Å². The zero-order chi connectivity index (χ0) is 16.5. The van der Waals surface area contributed by atoms with E-state index < -0.39 is 0 Å². The molecule has 0 bridgehead atoms. The minimum absolute atomic E-state index is 0.147. The van der Waals surface area contributed by atoms with Gasteiger partial charge in [-0.1, -0.05) is 6.07 Å². The second kappa shape index (κ2) is 8.53. The van der Waals surface area contributed by atoms with Gasteiger partial charge in [0.1, 0.15) is 5.75 Å². The number of amides is 2. The van der Waals surface area contributed by atoms with Crippen LogP contribution in [-0.2, 0) is 0 Å². The average molecular weight is 313 g/mol. The van der Waals surface area contributed by atoms with Crippen LogP contribution in [0.4, 0.5) is 0 Å². The van der Waals surface area contributed by atoms with Crippen LogP contribution >= 0.6 is 0 Å². The monoisotopic (exact) mass is 313 g/mol. The molecule has 0 spiro atoms. The first kappa shape index (κ1) is 16.5. The van der Waals surface area contributed by atoms with E-state index in [9.17, 15) is 9.59 Å². The number of rotatable bonds is 7. The average Bonchev–Trinajstić information content (AvgIpc) is 2.61. The molecular formula is C17H19N3O3. The number of aromatic nitrogens is 1. The Bertz CT molecular complexity index is 659. The van der Waals surface area contributed by atoms with Gasteiger partial charge < -0.3 is 15.4 Å². The third-order valence-corrected chi connectivity index (χ3v) is 3.20. The van der Waals surface area contributed by atoms with Gasteiger partial charge in [-0.15, -0.1) is 0 Å². The molecule has 2 amide bonds. The summed E-state index contributed by atoms with van der Waals surface area (Å²) in [6.07, 6.45) is 3.79. The molecule has 0 fully saturated rings. The lowest BCUT2D eigenvalue weighted by Gasteiger charge is -2.08. The van der Waals surface area contributed by atoms with Crippen molar-refractivity contribution < 1.29 is 14.3 Å². The van der Waals surface area contributed by atoms with Gasteiger partial charge in [-0.3, -0.25) is 14.6 Å². The first-order chi connectivity index (χ1) is 11.2. The third kappa shape index (κ3) is 5.10. The highest BCUT2D eigenvalue weighted by Gasteiger charge is 2.06. The minimum Gasteiger partial charge on any atom is -0.497 e. The Labute approximate surface area is 134 Å². The van der Waals surface area contributed by atoms with Crippen molar-refractivity contribution in [1.82, 2.24) is 15.6 Å². The molecule has 0 aliphatic rings. The maximum Gasteiger partial charge on any atom is 0.251 e. The molecule has 0 aliphatic carbocycles. The van der Waals surface area contributed by atoms with Crippen molar-refractivity contribution in [2.45, 2.75) is 6.42 Å². The van der Waals surface area contributed by atoms with E-state index in [2.05, 4.69) is 15.6 Å². The van der Waals surface area contributed by atoms with Gasteiger partial charge in [-0.25, -0.2) is 0 Å². The summed E-state index contributed by atoms with van der Waals surface area (Å²) in [5.41, 5.74) is 1.12. The minimum atomic E-state index is -0.163. The summed E-state index contributed by atoms with van der Waals surface area (Å²) < 4.78 is 5.08. The summed E-state index contributed by atoms with van der Waals surface area (Å²) in [5, 5.41) is 5.60. The highest BCUT2D eigenvalue weighted by Crippen LogP contribution is 2.12. The molecule has 2 N–H and O–H groups in total. The zero-order valence-electron chi connectivity index (χ0n) is 12.9. The van der Waals surface area contributed by atoms with Crippen LogP contribution in [0.5, 0.6) is 5.75 Å². The Kier molecular flexibility index (Phi) is 6.11. The highest BCUT2D eigenvalue weighted by molar-refractivity contribution is 5.94. The fourth-order valence-corrected chi connectivity index (χ4v) is 1.96. The summed E-state index contributed by atoms with van der Waals surface area (Å²) in [6.45, 7) is 0.964. The summed E-state index contributed by atoms with van der Waals surface area (Å²) >= 11 is 0. The maximum atomic E-state index is 12.0. The molecule has 0 atom stereocenters. The Morgan fingerprint density at radius 1 is 1.00 bits per heavy atom. The zero-order valence-corrected chi connectivity index (χ0v) is 12.9. The smallest absolute Gasteiger partial charge is 0.251 e. The second-order valence-corrected chi connectivity index (χ2v) is 4.83. The van der Waals surface area contributed by atoms with Crippen molar-refractivity contribution in [2.24, 2.45) is 0 Å². The number of nitrogens with zero attached hydrogens (tertiary/aromatic N) is 1. The number of carbonyl (C=O) groups is 2. The van der Waals surface area contributed by atoms with Crippen LogP contribution in [0.25, 0.3) is 0 Å². The van der Waals surface area contributed by atoms with E-state index in [-0.39, 0.29) is 11.8 Å². The molecule has 6 nitrogen and oxygen atoms in total. The van der Waals surface area contributed by atoms with Crippen molar-refractivity contribution in [1.29, 1.82) is 0 Å². The van der Waals surface area contributed by atoms with Crippen LogP contribution in [0, 0.1) is 0 Å². The molecule has 1 heterocycles.